The number of benzene rings is 1. The van der Waals surface area contributed by atoms with Crippen LogP contribution in [-0.2, 0) is 0 Å². The van der Waals surface area contributed by atoms with Crippen LogP contribution in [0.5, 0.6) is 0 Å². The molecule has 9 nitrogen and oxygen atoms in total. The molecule has 2 atom stereocenters. The molecule has 1 saturated heterocycles. The molecule has 4 rings (SSSR count). The van der Waals surface area contributed by atoms with E-state index in [1.807, 2.05) is 5.32 Å². The molecule has 0 bridgehead atoms. The normalized spacial score (nSPS) is 17.9. The molecule has 31 heavy (non-hydrogen) atoms. The molecule has 11 heteroatoms. The fraction of sp³-hybridized carbons (Fsp3) is 0.350. The van der Waals surface area contributed by atoms with E-state index in [1.165, 1.54) is 10.7 Å². The number of rotatable bonds is 5. The van der Waals surface area contributed by atoms with E-state index in [1.54, 1.807) is 17.2 Å². The smallest absolute Gasteiger partial charge is 0.273 e. The predicted octanol–water partition coefficient (Wildman–Crippen LogP) is 1.10. The van der Waals surface area contributed by atoms with Crippen molar-refractivity contribution in [1.29, 1.82) is 0 Å². The van der Waals surface area contributed by atoms with Gasteiger partial charge in [0.2, 0.25) is 0 Å². The molecule has 4 N–H and O–H groups in total. The molecule has 1 fully saturated rings. The number of anilines is 1. The maximum Gasteiger partial charge on any atom is 0.273 e. The van der Waals surface area contributed by atoms with E-state index in [0.717, 1.165) is 25.1 Å². The van der Waals surface area contributed by atoms with Crippen LogP contribution in [0, 0.1) is 11.6 Å². The van der Waals surface area contributed by atoms with Crippen molar-refractivity contribution in [3.8, 4) is 0 Å². The Morgan fingerprint density at radius 1 is 1.35 bits per heavy atom. The van der Waals surface area contributed by atoms with Gasteiger partial charge in [-0.2, -0.15) is 0 Å². The average molecular weight is 433 g/mol. The number of fused-ring (bicyclic) bond motifs is 1. The minimum atomic E-state index is -2.89. The van der Waals surface area contributed by atoms with Crippen LogP contribution in [0.3, 0.4) is 0 Å². The molecule has 3 heterocycles. The summed E-state index contributed by atoms with van der Waals surface area (Å²) < 4.78 is 29.6. The summed E-state index contributed by atoms with van der Waals surface area (Å²) in [6, 6.07) is 4.21. The van der Waals surface area contributed by atoms with Crippen molar-refractivity contribution >= 4 is 17.4 Å². The first-order valence-electron chi connectivity index (χ1n) is 9.69. The molecule has 1 aliphatic heterocycles. The summed E-state index contributed by atoms with van der Waals surface area (Å²) in [6.07, 6.45) is 2.44. The Bertz CT molecular complexity index is 1130. The van der Waals surface area contributed by atoms with Gasteiger partial charge in [0.25, 0.3) is 11.8 Å². The highest BCUT2D eigenvalue weighted by Gasteiger charge is 2.38. The zero-order valence-corrected chi connectivity index (χ0v) is 16.5. The van der Waals surface area contributed by atoms with Crippen molar-refractivity contribution < 1.29 is 28.9 Å². The molecule has 1 aromatic carbocycles. The molecule has 2 aromatic heterocycles. The van der Waals surface area contributed by atoms with Gasteiger partial charge in [-0.25, -0.2) is 18.3 Å². The first-order valence-corrected chi connectivity index (χ1v) is 9.69. The number of nitrogens with one attached hydrogen (secondary N) is 1. The topological polar surface area (TPSA) is 123 Å². The van der Waals surface area contributed by atoms with Gasteiger partial charge in [0, 0.05) is 24.5 Å². The Labute approximate surface area is 175 Å². The number of hydrogen-bond donors (Lipinski definition) is 4. The van der Waals surface area contributed by atoms with Crippen LogP contribution in [0.4, 0.5) is 14.6 Å². The van der Waals surface area contributed by atoms with Gasteiger partial charge in [0.15, 0.2) is 11.5 Å². The number of halogens is 2. The third-order valence-corrected chi connectivity index (χ3v) is 5.33. The first kappa shape index (κ1) is 21.1. The fourth-order valence-corrected chi connectivity index (χ4v) is 3.73. The maximum atomic E-state index is 14.5. The zero-order valence-electron chi connectivity index (χ0n) is 16.5. The lowest BCUT2D eigenvalue weighted by molar-refractivity contribution is -0.232. The van der Waals surface area contributed by atoms with Gasteiger partial charge < -0.3 is 20.2 Å². The highest BCUT2D eigenvalue weighted by molar-refractivity contribution is 6.05. The average Bonchev–Trinajstić information content (AvgIpc) is 3.33. The maximum absolute atomic E-state index is 14.5. The first-order chi connectivity index (χ1) is 14.7. The highest BCUT2D eigenvalue weighted by atomic mass is 19.1. The van der Waals surface area contributed by atoms with E-state index in [2.05, 4.69) is 10.1 Å². The molecule has 1 amide bonds. The second-order valence-electron chi connectivity index (χ2n) is 7.46. The van der Waals surface area contributed by atoms with Gasteiger partial charge in [-0.1, -0.05) is 0 Å². The summed E-state index contributed by atoms with van der Waals surface area (Å²) in [7, 11) is 0. The van der Waals surface area contributed by atoms with Gasteiger partial charge in [-0.05, 0) is 44.0 Å². The monoisotopic (exact) mass is 433 g/mol. The molecule has 3 aromatic rings. The van der Waals surface area contributed by atoms with Gasteiger partial charge in [0.1, 0.15) is 23.3 Å². The summed E-state index contributed by atoms with van der Waals surface area (Å²) in [5, 5.41) is 35.7. The number of aliphatic hydroxyl groups excluding tert-OH is 1. The van der Waals surface area contributed by atoms with Crippen LogP contribution in [0.1, 0.15) is 41.7 Å². The Morgan fingerprint density at radius 2 is 2.13 bits per heavy atom. The Hall–Kier alpha value is -3.15. The van der Waals surface area contributed by atoms with Gasteiger partial charge >= 0.3 is 0 Å². The second-order valence-corrected chi connectivity index (χ2v) is 7.46. The molecule has 0 spiro atoms. The zero-order chi connectivity index (χ0) is 22.3. The van der Waals surface area contributed by atoms with Crippen LogP contribution >= 0.6 is 0 Å². The van der Waals surface area contributed by atoms with Crippen LogP contribution in [0.2, 0.25) is 0 Å². The van der Waals surface area contributed by atoms with Crippen molar-refractivity contribution in [2.75, 3.05) is 11.4 Å². The molecular formula is C20H21F2N5O4. The predicted molar refractivity (Wildman–Crippen MR) is 105 cm³/mol. The number of nitrogens with zero attached hydrogens (tertiary/aromatic N) is 4. The molecule has 0 aliphatic carbocycles. The summed E-state index contributed by atoms with van der Waals surface area (Å²) in [4.78, 5) is 18.8. The third kappa shape index (κ3) is 3.82. The van der Waals surface area contributed by atoms with Gasteiger partial charge in [-0.15, -0.1) is 5.10 Å². The SMILES string of the molecule is C[C@@H](O)C(O)(O)NC(=O)c1c(N2CCC[C@@H]2c2cc(F)ccc2F)nn2cccnc12. The number of carbonyl (C=O) groups is 1. The number of amides is 1. The lowest BCUT2D eigenvalue weighted by atomic mass is 10.0. The quantitative estimate of drug-likeness (QED) is 0.444. The summed E-state index contributed by atoms with van der Waals surface area (Å²) >= 11 is 0. The summed E-state index contributed by atoms with van der Waals surface area (Å²) in [5.41, 5.74) is 0.177. The van der Waals surface area contributed by atoms with E-state index in [9.17, 15) is 28.9 Å². The minimum absolute atomic E-state index is 0.0857. The van der Waals surface area contributed by atoms with Crippen LogP contribution in [0.25, 0.3) is 5.65 Å². The number of carbonyl (C=O) groups excluding carboxylic acids is 1. The lowest BCUT2D eigenvalue weighted by Gasteiger charge is -2.28. The second kappa shape index (κ2) is 7.84. The molecule has 164 valence electrons. The largest absolute Gasteiger partial charge is 0.386 e. The van der Waals surface area contributed by atoms with E-state index < -0.39 is 35.6 Å². The summed E-state index contributed by atoms with van der Waals surface area (Å²) in [5.74, 6) is -4.87. The number of aliphatic hydroxyl groups is 3. The fourth-order valence-electron chi connectivity index (χ4n) is 3.73. The number of aromatic nitrogens is 3. The highest BCUT2D eigenvalue weighted by Crippen LogP contribution is 2.39. The summed E-state index contributed by atoms with van der Waals surface area (Å²) in [6.45, 7) is 1.50. The van der Waals surface area contributed by atoms with E-state index in [4.69, 9.17) is 0 Å². The van der Waals surface area contributed by atoms with Crippen molar-refractivity contribution in [2.45, 2.75) is 37.8 Å². The Kier molecular flexibility index (Phi) is 5.33. The number of hydrogen-bond acceptors (Lipinski definition) is 7. The van der Waals surface area contributed by atoms with Crippen molar-refractivity contribution in [1.82, 2.24) is 19.9 Å². The van der Waals surface area contributed by atoms with Gasteiger partial charge in [0.05, 0.1) is 6.04 Å². The van der Waals surface area contributed by atoms with Crippen LogP contribution < -0.4 is 10.2 Å². The standard InChI is InChI=1S/C20H21F2N5O4/c1-11(28)20(30,31)24-19(29)16-17-23-7-3-9-27(17)25-18(16)26-8-2-4-15(26)13-10-12(21)5-6-14(13)22/h3,5-7,9-11,15,28,30-31H,2,4,8H2,1H3,(H,24,29)/t11-,15-/m1/s1. The van der Waals surface area contributed by atoms with Crippen molar-refractivity contribution in [3.63, 3.8) is 0 Å². The van der Waals surface area contributed by atoms with Crippen LogP contribution in [-0.4, -0.2) is 54.4 Å². The molecule has 0 saturated carbocycles. The van der Waals surface area contributed by atoms with Crippen LogP contribution in [0.15, 0.2) is 36.7 Å². The Balaban J connectivity index is 1.81. The van der Waals surface area contributed by atoms with E-state index in [-0.39, 0.29) is 22.6 Å². The van der Waals surface area contributed by atoms with E-state index in [0.29, 0.717) is 19.4 Å². The van der Waals surface area contributed by atoms with E-state index >= 15 is 0 Å². The minimum Gasteiger partial charge on any atom is -0.386 e. The molecule has 0 radical (unpaired) electrons. The molecular weight excluding hydrogens is 412 g/mol. The van der Waals surface area contributed by atoms with Crippen molar-refractivity contribution in [2.24, 2.45) is 0 Å². The lowest BCUT2D eigenvalue weighted by Crippen LogP contribution is -2.55. The Morgan fingerprint density at radius 3 is 2.87 bits per heavy atom. The van der Waals surface area contributed by atoms with Crippen molar-refractivity contribution in [3.05, 3.63) is 59.4 Å². The van der Waals surface area contributed by atoms with Gasteiger partial charge in [-0.3, -0.25) is 10.1 Å². The third-order valence-electron chi connectivity index (χ3n) is 5.33. The molecule has 0 unspecified atom stereocenters. The molecule has 1 aliphatic rings.